The number of aliphatic hydroxyl groups is 2. The van der Waals surface area contributed by atoms with Gasteiger partial charge in [0.1, 0.15) is 5.75 Å². The van der Waals surface area contributed by atoms with Gasteiger partial charge in [0.05, 0.1) is 13.2 Å². The van der Waals surface area contributed by atoms with Crippen molar-refractivity contribution in [3.63, 3.8) is 0 Å². The van der Waals surface area contributed by atoms with E-state index in [1.165, 1.54) is 0 Å². The maximum absolute atomic E-state index is 9.23. The fraction of sp³-hybridized carbons (Fsp3) is 0.200. The Morgan fingerprint density at radius 2 is 1.17 bits per heavy atom. The van der Waals surface area contributed by atoms with Crippen LogP contribution in [-0.2, 0) is 0 Å². The van der Waals surface area contributed by atoms with Gasteiger partial charge in [-0.05, 0) is 28.8 Å². The summed E-state index contributed by atoms with van der Waals surface area (Å²) in [7, 11) is 0. The van der Waals surface area contributed by atoms with Gasteiger partial charge >= 0.3 is 0 Å². The number of aliphatic hydroxyl groups excluding tert-OH is 2. The first-order chi connectivity index (χ1) is 8.74. The quantitative estimate of drug-likeness (QED) is 0.772. The Morgan fingerprint density at radius 1 is 0.722 bits per heavy atom. The molecular formula is C15H16O3. The monoisotopic (exact) mass is 244 g/mol. The summed E-state index contributed by atoms with van der Waals surface area (Å²) < 4.78 is 0. The van der Waals surface area contributed by atoms with E-state index in [0.29, 0.717) is 0 Å². The highest BCUT2D eigenvalue weighted by Crippen LogP contribution is 2.24. The van der Waals surface area contributed by atoms with Crippen LogP contribution in [0.25, 0.3) is 11.1 Å². The van der Waals surface area contributed by atoms with Gasteiger partial charge in [-0.3, -0.25) is 0 Å². The fourth-order valence-corrected chi connectivity index (χ4v) is 1.87. The van der Waals surface area contributed by atoms with Crippen molar-refractivity contribution in [2.75, 3.05) is 13.2 Å². The van der Waals surface area contributed by atoms with Gasteiger partial charge < -0.3 is 15.3 Å². The Kier molecular flexibility index (Phi) is 3.97. The minimum atomic E-state index is -0.223. The molecule has 0 heterocycles. The summed E-state index contributed by atoms with van der Waals surface area (Å²) in [6.45, 7) is -0.121. The molecule has 0 aliphatic rings. The molecule has 0 bridgehead atoms. The van der Waals surface area contributed by atoms with Crippen molar-refractivity contribution in [3.05, 3.63) is 54.1 Å². The van der Waals surface area contributed by atoms with Crippen LogP contribution >= 0.6 is 0 Å². The number of hydrogen-bond acceptors (Lipinski definition) is 3. The Bertz CT molecular complexity index is 484. The molecule has 3 N–H and O–H groups in total. The highest BCUT2D eigenvalue weighted by atomic mass is 16.3. The molecule has 94 valence electrons. The summed E-state index contributed by atoms with van der Waals surface area (Å²) in [6.07, 6.45) is 0. The molecule has 0 unspecified atom stereocenters. The van der Waals surface area contributed by atoms with Crippen LogP contribution in [0.4, 0.5) is 0 Å². The second kappa shape index (κ2) is 5.67. The number of hydrogen-bond donors (Lipinski definition) is 3. The smallest absolute Gasteiger partial charge is 0.115 e. The lowest BCUT2D eigenvalue weighted by molar-refractivity contribution is 0.192. The SMILES string of the molecule is OCC(CO)c1ccc(-c2ccc(O)cc2)cc1. The second-order valence-electron chi connectivity index (χ2n) is 4.23. The van der Waals surface area contributed by atoms with Crippen molar-refractivity contribution < 1.29 is 15.3 Å². The van der Waals surface area contributed by atoms with Crippen molar-refractivity contribution in [3.8, 4) is 16.9 Å². The molecule has 0 spiro atoms. The van der Waals surface area contributed by atoms with E-state index < -0.39 is 0 Å². The second-order valence-corrected chi connectivity index (χ2v) is 4.23. The van der Waals surface area contributed by atoms with E-state index in [1.807, 2.05) is 36.4 Å². The first kappa shape index (κ1) is 12.6. The number of aromatic hydroxyl groups is 1. The van der Waals surface area contributed by atoms with Crippen molar-refractivity contribution in [2.24, 2.45) is 0 Å². The maximum Gasteiger partial charge on any atom is 0.115 e. The molecule has 0 aliphatic carbocycles. The molecule has 0 radical (unpaired) electrons. The summed E-state index contributed by atoms with van der Waals surface area (Å²) in [5.41, 5.74) is 2.97. The van der Waals surface area contributed by atoms with Crippen molar-refractivity contribution >= 4 is 0 Å². The van der Waals surface area contributed by atoms with Crippen LogP contribution < -0.4 is 0 Å². The van der Waals surface area contributed by atoms with E-state index in [4.69, 9.17) is 10.2 Å². The Balaban J connectivity index is 2.24. The van der Waals surface area contributed by atoms with Gasteiger partial charge in [-0.25, -0.2) is 0 Å². The Hall–Kier alpha value is -1.84. The van der Waals surface area contributed by atoms with Gasteiger partial charge in [-0.15, -0.1) is 0 Å². The number of phenolic OH excluding ortho intramolecular Hbond substituents is 1. The Morgan fingerprint density at radius 3 is 1.61 bits per heavy atom. The predicted molar refractivity (Wildman–Crippen MR) is 70.5 cm³/mol. The highest BCUT2D eigenvalue weighted by Gasteiger charge is 2.08. The van der Waals surface area contributed by atoms with Crippen LogP contribution in [-0.4, -0.2) is 28.5 Å². The molecule has 0 amide bonds. The molecule has 18 heavy (non-hydrogen) atoms. The van der Waals surface area contributed by atoms with Gasteiger partial charge in [-0.2, -0.15) is 0 Å². The minimum absolute atomic E-state index is 0.0605. The van der Waals surface area contributed by atoms with Gasteiger partial charge in [0.2, 0.25) is 0 Å². The third-order valence-corrected chi connectivity index (χ3v) is 3.02. The van der Waals surface area contributed by atoms with Gasteiger partial charge in [0.25, 0.3) is 0 Å². The van der Waals surface area contributed by atoms with E-state index in [-0.39, 0.29) is 24.9 Å². The molecular weight excluding hydrogens is 228 g/mol. The lowest BCUT2D eigenvalue weighted by atomic mass is 9.97. The maximum atomic E-state index is 9.23. The topological polar surface area (TPSA) is 60.7 Å². The molecule has 2 aromatic carbocycles. The third-order valence-electron chi connectivity index (χ3n) is 3.02. The lowest BCUT2D eigenvalue weighted by Gasteiger charge is -2.11. The van der Waals surface area contributed by atoms with Crippen molar-refractivity contribution in [2.45, 2.75) is 5.92 Å². The zero-order valence-corrected chi connectivity index (χ0v) is 9.95. The predicted octanol–water partition coefficient (Wildman–Crippen LogP) is 2.13. The summed E-state index contributed by atoms with van der Waals surface area (Å²) in [6, 6.07) is 14.7. The van der Waals surface area contributed by atoms with Gasteiger partial charge in [0, 0.05) is 5.92 Å². The molecule has 0 saturated heterocycles. The first-order valence-corrected chi connectivity index (χ1v) is 5.85. The van der Waals surface area contributed by atoms with E-state index in [0.717, 1.165) is 16.7 Å². The van der Waals surface area contributed by atoms with Crippen LogP contribution in [0.1, 0.15) is 11.5 Å². The van der Waals surface area contributed by atoms with Crippen LogP contribution in [0.3, 0.4) is 0 Å². The molecule has 3 nitrogen and oxygen atoms in total. The van der Waals surface area contributed by atoms with Gasteiger partial charge in [-0.1, -0.05) is 36.4 Å². The van der Waals surface area contributed by atoms with Crippen molar-refractivity contribution in [1.29, 1.82) is 0 Å². The number of rotatable bonds is 4. The molecule has 0 saturated carbocycles. The Labute approximate surface area is 106 Å². The average molecular weight is 244 g/mol. The van der Waals surface area contributed by atoms with Crippen LogP contribution in [0.2, 0.25) is 0 Å². The average Bonchev–Trinajstić information content (AvgIpc) is 2.42. The minimum Gasteiger partial charge on any atom is -0.508 e. The fourth-order valence-electron chi connectivity index (χ4n) is 1.87. The molecule has 3 heteroatoms. The van der Waals surface area contributed by atoms with Crippen LogP contribution in [0, 0.1) is 0 Å². The zero-order valence-electron chi connectivity index (χ0n) is 9.95. The van der Waals surface area contributed by atoms with E-state index in [2.05, 4.69) is 0 Å². The largest absolute Gasteiger partial charge is 0.508 e. The van der Waals surface area contributed by atoms with Crippen LogP contribution in [0.15, 0.2) is 48.5 Å². The van der Waals surface area contributed by atoms with E-state index in [9.17, 15) is 5.11 Å². The molecule has 0 aromatic heterocycles. The third kappa shape index (κ3) is 2.70. The van der Waals surface area contributed by atoms with Crippen LogP contribution in [0.5, 0.6) is 5.75 Å². The standard InChI is InChI=1S/C15H16O3/c16-9-14(10-17)13-3-1-11(2-4-13)12-5-7-15(18)8-6-12/h1-8,14,16-18H,9-10H2. The summed E-state index contributed by atoms with van der Waals surface area (Å²) in [5.74, 6) is 0.0230. The molecule has 2 aromatic rings. The molecule has 0 aliphatic heterocycles. The molecule has 0 atom stereocenters. The highest BCUT2D eigenvalue weighted by molar-refractivity contribution is 5.64. The zero-order chi connectivity index (χ0) is 13.0. The number of benzene rings is 2. The first-order valence-electron chi connectivity index (χ1n) is 5.85. The van der Waals surface area contributed by atoms with E-state index >= 15 is 0 Å². The van der Waals surface area contributed by atoms with Gasteiger partial charge in [0.15, 0.2) is 0 Å². The summed E-state index contributed by atoms with van der Waals surface area (Å²) in [4.78, 5) is 0. The molecule has 0 fully saturated rings. The lowest BCUT2D eigenvalue weighted by Crippen LogP contribution is -2.08. The van der Waals surface area contributed by atoms with E-state index in [1.54, 1.807) is 12.1 Å². The normalized spacial score (nSPS) is 10.8. The van der Waals surface area contributed by atoms with Crippen molar-refractivity contribution in [1.82, 2.24) is 0 Å². The molecule has 2 rings (SSSR count). The number of phenols is 1. The summed E-state index contributed by atoms with van der Waals surface area (Å²) >= 11 is 0. The summed E-state index contributed by atoms with van der Waals surface area (Å²) in [5, 5.41) is 27.4.